The van der Waals surface area contributed by atoms with E-state index in [4.69, 9.17) is 15.2 Å². The van der Waals surface area contributed by atoms with E-state index in [-0.39, 0.29) is 0 Å². The fourth-order valence-corrected chi connectivity index (χ4v) is 17.5. The molecule has 0 N–H and O–H groups in total. The molecule has 10 rings (SSSR count). The molecule has 0 atom stereocenters. The summed E-state index contributed by atoms with van der Waals surface area (Å²) >= 11 is 0. The number of fused-ring (bicyclic) bond motifs is 7. The summed E-state index contributed by atoms with van der Waals surface area (Å²) in [5, 5.41) is 3.82. The van der Waals surface area contributed by atoms with E-state index in [1.165, 1.54) is 13.8 Å². The van der Waals surface area contributed by atoms with E-state index in [2.05, 4.69) is 75.7 Å². The Balaban J connectivity index is 1.34. The van der Waals surface area contributed by atoms with Gasteiger partial charge in [-0.25, -0.2) is 4.98 Å². The molecule has 3 heterocycles. The highest BCUT2D eigenvalue weighted by Crippen LogP contribution is 2.48. The smallest absolute Gasteiger partial charge is 0.220 e. The predicted molar refractivity (Wildman–Crippen MR) is 248 cm³/mol. The van der Waals surface area contributed by atoms with E-state index in [1.54, 1.807) is 30.3 Å². The zero-order valence-corrected chi connectivity index (χ0v) is 34.9. The van der Waals surface area contributed by atoms with Gasteiger partial charge in [0.15, 0.2) is 8.07 Å². The Morgan fingerprint density at radius 1 is 0.614 bits per heavy atom. The first-order valence-corrected chi connectivity index (χ1v) is 23.9. The van der Waals surface area contributed by atoms with Crippen LogP contribution in [-0.4, -0.2) is 45.7 Å². The first-order chi connectivity index (χ1) is 31.0. The van der Waals surface area contributed by atoms with Crippen molar-refractivity contribution in [3.05, 3.63) is 187 Å². The van der Waals surface area contributed by atoms with E-state index in [1.807, 2.05) is 78.9 Å². The van der Waals surface area contributed by atoms with Crippen molar-refractivity contribution in [1.29, 1.82) is 4.94 Å². The molecular formula is C50H47N3OSi3. The summed E-state index contributed by atoms with van der Waals surface area (Å²) in [6.45, 7) is 2.71. The molecule has 4 nitrogen and oxygen atoms in total. The van der Waals surface area contributed by atoms with Crippen LogP contribution in [0.4, 0.5) is 0 Å². The number of hydrogen-bond donors (Lipinski definition) is 0. The summed E-state index contributed by atoms with van der Waals surface area (Å²) in [5.74, 6) is 1.42. The van der Waals surface area contributed by atoms with Gasteiger partial charge in [-0.15, -0.1) is 0 Å². The van der Waals surface area contributed by atoms with Gasteiger partial charge < -0.3 is 4.74 Å². The third-order valence-corrected chi connectivity index (χ3v) is 20.5. The first kappa shape index (κ1) is 27.8. The molecule has 7 aromatic carbocycles. The largest absolute Gasteiger partial charge is 0.457 e. The SMILES string of the molecule is [2H]C([2H])(C)C[Si]([2H])([2H])C1([Si]([2H])([2H])CC([2H])([2H])C)c2ccccc2Oc2c1cccc2[Si](c1ccccc1)(c1ccccc1)c1cccc(-n2c3ccccc3n3c4ccccc4nc23)c1. The van der Waals surface area contributed by atoms with Gasteiger partial charge >= 0.3 is 0 Å². The molecule has 0 spiro atoms. The highest BCUT2D eigenvalue weighted by atomic mass is 28.3. The molecular weight excluding hydrogens is 743 g/mol. The quantitative estimate of drug-likeness (QED) is 0.0980. The van der Waals surface area contributed by atoms with Gasteiger partial charge in [-0.1, -0.05) is 172 Å². The molecule has 0 unspecified atom stereocenters. The van der Waals surface area contributed by atoms with Crippen LogP contribution in [-0.2, 0) is 4.66 Å². The maximum Gasteiger partial charge on any atom is 0.220 e. The van der Waals surface area contributed by atoms with Gasteiger partial charge in [-0.2, -0.15) is 0 Å². The lowest BCUT2D eigenvalue weighted by molar-refractivity contribution is 0.455. The Morgan fingerprint density at radius 3 is 1.91 bits per heavy atom. The molecule has 0 amide bonds. The fourth-order valence-electron chi connectivity index (χ4n) is 9.07. The van der Waals surface area contributed by atoms with Crippen molar-refractivity contribution in [1.82, 2.24) is 14.0 Å². The molecule has 280 valence electrons. The van der Waals surface area contributed by atoms with Crippen LogP contribution in [0.1, 0.15) is 43.2 Å². The minimum absolute atomic E-state index is 0.305. The maximum atomic E-state index is 10.2. The van der Waals surface area contributed by atoms with Crippen LogP contribution in [0, 0.1) is 0 Å². The second-order valence-corrected chi connectivity index (χ2v) is 21.7. The maximum absolute atomic E-state index is 10.2. The molecule has 9 aromatic rings. The number of benzene rings is 7. The van der Waals surface area contributed by atoms with Crippen molar-refractivity contribution in [2.24, 2.45) is 0 Å². The minimum atomic E-state index is -4.69. The van der Waals surface area contributed by atoms with Crippen molar-refractivity contribution in [3.63, 3.8) is 0 Å². The van der Waals surface area contributed by atoms with Crippen molar-refractivity contribution in [3.8, 4) is 17.2 Å². The summed E-state index contributed by atoms with van der Waals surface area (Å²) in [4.78, 5) is 5.19. The average molecular weight is 798 g/mol. The monoisotopic (exact) mass is 797 g/mol. The van der Waals surface area contributed by atoms with Gasteiger partial charge in [0.2, 0.25) is 5.78 Å². The molecule has 0 fully saturated rings. The summed E-state index contributed by atoms with van der Waals surface area (Å²) < 4.78 is 85.7. The molecule has 7 heteroatoms. The molecule has 2 aromatic heterocycles. The Morgan fingerprint density at radius 2 is 1.19 bits per heavy atom. The van der Waals surface area contributed by atoms with E-state index >= 15 is 0 Å². The predicted octanol–water partition coefficient (Wildman–Crippen LogP) is 8.11. The Labute approximate surface area is 351 Å². The third-order valence-electron chi connectivity index (χ3n) is 11.4. The summed E-state index contributed by atoms with van der Waals surface area (Å²) in [7, 11) is -13.0. The van der Waals surface area contributed by atoms with Crippen molar-refractivity contribution < 1.29 is 10.2 Å². The molecule has 0 saturated heterocycles. The van der Waals surface area contributed by atoms with Crippen LogP contribution >= 0.6 is 0 Å². The highest BCUT2D eigenvalue weighted by molar-refractivity contribution is 7.20. The van der Waals surface area contributed by atoms with Crippen molar-refractivity contribution in [2.45, 2.75) is 43.3 Å². The topological polar surface area (TPSA) is 31.5 Å². The van der Waals surface area contributed by atoms with Gasteiger partial charge in [0.25, 0.3) is 0 Å². The average Bonchev–Trinajstić information content (AvgIpc) is 3.80. The van der Waals surface area contributed by atoms with E-state index in [0.29, 0.717) is 22.6 Å². The number of nitrogens with zero attached hydrogens (tertiary/aromatic N) is 3. The molecule has 1 aliphatic heterocycles. The van der Waals surface area contributed by atoms with Crippen LogP contribution in [0.15, 0.2) is 176 Å². The molecule has 57 heavy (non-hydrogen) atoms. The molecule has 0 radical (unpaired) electrons. The Bertz CT molecular complexity index is 3190. The molecule has 0 aliphatic carbocycles. The van der Waals surface area contributed by atoms with Gasteiger partial charge in [-0.05, 0) is 74.3 Å². The summed E-state index contributed by atoms with van der Waals surface area (Å²) in [6.07, 6.45) is -3.96. The van der Waals surface area contributed by atoms with Crippen LogP contribution in [0.2, 0.25) is 12.1 Å². The lowest BCUT2D eigenvalue weighted by atomic mass is 9.98. The second kappa shape index (κ2) is 14.6. The number of rotatable bonds is 11. The fraction of sp³-hybridized carbons (Fsp3) is 0.140. The number of imidazole rings is 2. The van der Waals surface area contributed by atoms with Crippen LogP contribution in [0.3, 0.4) is 0 Å². The lowest BCUT2D eigenvalue weighted by Crippen LogP contribution is -2.75. The van der Waals surface area contributed by atoms with E-state index < -0.39 is 56.3 Å². The first-order valence-electron chi connectivity index (χ1n) is 23.5. The summed E-state index contributed by atoms with van der Waals surface area (Å²) in [5.41, 5.74) is 5.43. The van der Waals surface area contributed by atoms with Crippen molar-refractivity contribution >= 4 is 75.4 Å². The van der Waals surface area contributed by atoms with E-state index in [9.17, 15) is 4.94 Å². The molecule has 0 saturated carbocycles. The third kappa shape index (κ3) is 5.55. The Hall–Kier alpha value is -5.74. The van der Waals surface area contributed by atoms with Crippen LogP contribution in [0.5, 0.6) is 11.5 Å². The van der Waals surface area contributed by atoms with Gasteiger partial charge in [0.05, 0.1) is 22.1 Å². The minimum Gasteiger partial charge on any atom is -0.457 e. The standard InChI is InChI=1S/C50H47N3OSi3/c1-3-33-55-50(56-34-4-2)40-25-11-16-31-46(40)54-48-41(50)26-18-32-47(48)57(37-20-7-5-8-21-37,38-22-9-6-10-23-38)39-24-17-19-36(35-39)52-44-29-14-15-30-45(44)53-43-28-13-12-27-42(43)51-49(52)53/h5-32,35H,3-4,33-34,55-56H2,1-2H3/i3D2,4D2,55D2,56D2. The lowest BCUT2D eigenvalue weighted by Gasteiger charge is -2.44. The van der Waals surface area contributed by atoms with Gasteiger partial charge in [0, 0.05) is 39.5 Å². The highest BCUT2D eigenvalue weighted by Gasteiger charge is 2.48. The zero-order valence-electron chi connectivity index (χ0n) is 39.9. The normalized spacial score (nSPS) is 16.5. The van der Waals surface area contributed by atoms with E-state index in [0.717, 1.165) is 54.3 Å². The van der Waals surface area contributed by atoms with Crippen LogP contribution in [0.25, 0.3) is 33.5 Å². The number of hydrogen-bond acceptors (Lipinski definition) is 2. The number of ether oxygens (including phenoxy) is 1. The van der Waals surface area contributed by atoms with Crippen LogP contribution < -0.4 is 25.5 Å². The van der Waals surface area contributed by atoms with Gasteiger partial charge in [0.1, 0.15) is 11.5 Å². The van der Waals surface area contributed by atoms with Crippen molar-refractivity contribution in [2.75, 3.05) is 0 Å². The number of aromatic nitrogens is 3. The summed E-state index contributed by atoms with van der Waals surface area (Å²) in [6, 6.07) is 57.4. The second-order valence-electron chi connectivity index (χ2n) is 14.5. The molecule has 0 bridgehead atoms. The zero-order chi connectivity index (χ0) is 45.6. The molecule has 1 aliphatic rings. The Kier molecular flexibility index (Phi) is 7.14. The number of para-hydroxylation sites is 6. The van der Waals surface area contributed by atoms with Gasteiger partial charge in [-0.3, -0.25) is 8.97 Å².